The molecule has 1 aromatic carbocycles. The summed E-state index contributed by atoms with van der Waals surface area (Å²) in [5.74, 6) is 0.826. The topological polar surface area (TPSA) is 83.7 Å². The van der Waals surface area contributed by atoms with Gasteiger partial charge < -0.3 is 15.6 Å². The lowest BCUT2D eigenvalue weighted by Crippen LogP contribution is -2.22. The van der Waals surface area contributed by atoms with Gasteiger partial charge in [-0.2, -0.15) is 0 Å². The summed E-state index contributed by atoms with van der Waals surface area (Å²) in [6.45, 7) is 1.44. The number of imidazole rings is 1. The van der Waals surface area contributed by atoms with Gasteiger partial charge in [0.05, 0.1) is 6.33 Å². The largest absolute Gasteiger partial charge is 0.340 e. The van der Waals surface area contributed by atoms with E-state index in [-0.39, 0.29) is 0 Å². The number of hydrogen-bond donors (Lipinski definition) is 2. The normalized spacial score (nSPS) is 10.8. The summed E-state index contributed by atoms with van der Waals surface area (Å²) in [5, 5.41) is 0. The number of aromatic nitrogens is 4. The van der Waals surface area contributed by atoms with Gasteiger partial charge in [0.1, 0.15) is 11.8 Å². The van der Waals surface area contributed by atoms with Crippen LogP contribution in [0.3, 0.4) is 0 Å². The molecule has 0 aliphatic heterocycles. The van der Waals surface area contributed by atoms with Gasteiger partial charge in [-0.25, -0.2) is 15.0 Å². The van der Waals surface area contributed by atoms with E-state index in [4.69, 9.17) is 5.73 Å². The number of benzene rings is 1. The summed E-state index contributed by atoms with van der Waals surface area (Å²) < 4.78 is 0. The lowest BCUT2D eigenvalue weighted by molar-refractivity contribution is 0.811. The van der Waals surface area contributed by atoms with Crippen molar-refractivity contribution in [3.05, 3.63) is 43.0 Å². The fourth-order valence-corrected chi connectivity index (χ4v) is 2.17. The summed E-state index contributed by atoms with van der Waals surface area (Å²) in [7, 11) is 0. The molecule has 6 heteroatoms. The number of nitrogens with one attached hydrogen (secondary N) is 1. The van der Waals surface area contributed by atoms with Crippen LogP contribution in [-0.4, -0.2) is 33.0 Å². The van der Waals surface area contributed by atoms with E-state index in [1.165, 1.54) is 6.33 Å². The standard InChI is InChI=1S/C14H16N6/c15-7-4-8-20(11-5-2-1-3-6-11)14-12-13(17-9-16-12)18-10-19-14/h1-3,5-6,9-10H,4,7-8,15H2,(H,16,17,18,19). The third kappa shape index (κ3) is 2.33. The van der Waals surface area contributed by atoms with Gasteiger partial charge in [-0.05, 0) is 25.1 Å². The minimum atomic E-state index is 0.639. The molecule has 0 spiro atoms. The first-order valence-electron chi connectivity index (χ1n) is 6.57. The summed E-state index contributed by atoms with van der Waals surface area (Å²) >= 11 is 0. The minimum absolute atomic E-state index is 0.639. The molecular weight excluding hydrogens is 252 g/mol. The Hall–Kier alpha value is -2.47. The van der Waals surface area contributed by atoms with Gasteiger partial charge >= 0.3 is 0 Å². The van der Waals surface area contributed by atoms with E-state index in [2.05, 4.69) is 37.0 Å². The van der Waals surface area contributed by atoms with Crippen LogP contribution < -0.4 is 10.6 Å². The summed E-state index contributed by atoms with van der Waals surface area (Å²) in [6.07, 6.45) is 4.06. The molecule has 0 fully saturated rings. The van der Waals surface area contributed by atoms with Crippen LogP contribution in [0.2, 0.25) is 0 Å². The number of hydrogen-bond acceptors (Lipinski definition) is 5. The van der Waals surface area contributed by atoms with Crippen molar-refractivity contribution in [2.45, 2.75) is 6.42 Å². The Morgan fingerprint density at radius 2 is 1.95 bits per heavy atom. The molecule has 0 atom stereocenters. The Morgan fingerprint density at radius 1 is 1.10 bits per heavy atom. The number of rotatable bonds is 5. The number of anilines is 2. The smallest absolute Gasteiger partial charge is 0.182 e. The van der Waals surface area contributed by atoms with E-state index in [0.29, 0.717) is 12.2 Å². The van der Waals surface area contributed by atoms with Crippen LogP contribution in [0.1, 0.15) is 6.42 Å². The fraction of sp³-hybridized carbons (Fsp3) is 0.214. The average Bonchev–Trinajstić information content (AvgIpc) is 2.98. The lowest BCUT2D eigenvalue weighted by atomic mass is 10.2. The van der Waals surface area contributed by atoms with Crippen molar-refractivity contribution >= 4 is 22.7 Å². The Bertz CT molecular complexity index is 678. The summed E-state index contributed by atoms with van der Waals surface area (Å²) in [6, 6.07) is 10.1. The van der Waals surface area contributed by atoms with Crippen molar-refractivity contribution in [2.75, 3.05) is 18.0 Å². The molecule has 3 N–H and O–H groups in total. The van der Waals surface area contributed by atoms with Crippen LogP contribution in [0.4, 0.5) is 11.5 Å². The maximum atomic E-state index is 5.65. The third-order valence-corrected chi connectivity index (χ3v) is 3.11. The molecule has 3 aromatic rings. The molecule has 0 unspecified atom stereocenters. The lowest BCUT2D eigenvalue weighted by Gasteiger charge is -2.23. The Balaban J connectivity index is 2.07. The number of fused-ring (bicyclic) bond motifs is 1. The molecule has 0 bridgehead atoms. The van der Waals surface area contributed by atoms with E-state index >= 15 is 0 Å². The first-order valence-corrected chi connectivity index (χ1v) is 6.57. The quantitative estimate of drug-likeness (QED) is 0.737. The first kappa shape index (κ1) is 12.6. The molecule has 0 radical (unpaired) electrons. The Labute approximate surface area is 116 Å². The molecule has 2 aromatic heterocycles. The molecule has 0 amide bonds. The van der Waals surface area contributed by atoms with Crippen LogP contribution in [0.15, 0.2) is 43.0 Å². The van der Waals surface area contributed by atoms with Crippen molar-refractivity contribution in [1.29, 1.82) is 0 Å². The highest BCUT2D eigenvalue weighted by Gasteiger charge is 2.15. The van der Waals surface area contributed by atoms with Gasteiger partial charge in [-0.1, -0.05) is 18.2 Å². The van der Waals surface area contributed by atoms with E-state index in [0.717, 1.165) is 30.0 Å². The molecule has 6 nitrogen and oxygen atoms in total. The predicted octanol–water partition coefficient (Wildman–Crippen LogP) is 1.84. The average molecular weight is 268 g/mol. The molecule has 2 heterocycles. The van der Waals surface area contributed by atoms with E-state index in [1.54, 1.807) is 6.33 Å². The van der Waals surface area contributed by atoms with Gasteiger partial charge in [-0.3, -0.25) is 0 Å². The molecular formula is C14H16N6. The first-order chi connectivity index (χ1) is 9.90. The highest BCUT2D eigenvalue weighted by molar-refractivity contribution is 5.85. The van der Waals surface area contributed by atoms with E-state index in [9.17, 15) is 0 Å². The number of para-hydroxylation sites is 1. The van der Waals surface area contributed by atoms with Crippen LogP contribution in [0, 0.1) is 0 Å². The minimum Gasteiger partial charge on any atom is -0.340 e. The van der Waals surface area contributed by atoms with Crippen molar-refractivity contribution in [3.8, 4) is 0 Å². The van der Waals surface area contributed by atoms with Crippen molar-refractivity contribution < 1.29 is 0 Å². The van der Waals surface area contributed by atoms with E-state index < -0.39 is 0 Å². The van der Waals surface area contributed by atoms with Crippen LogP contribution in [0.5, 0.6) is 0 Å². The van der Waals surface area contributed by atoms with Gasteiger partial charge in [0.2, 0.25) is 0 Å². The molecule has 20 heavy (non-hydrogen) atoms. The van der Waals surface area contributed by atoms with Gasteiger partial charge in [-0.15, -0.1) is 0 Å². The zero-order chi connectivity index (χ0) is 13.8. The molecule has 0 aliphatic carbocycles. The second-order valence-electron chi connectivity index (χ2n) is 4.43. The monoisotopic (exact) mass is 268 g/mol. The van der Waals surface area contributed by atoms with E-state index in [1.807, 2.05) is 18.2 Å². The highest BCUT2D eigenvalue weighted by Crippen LogP contribution is 2.27. The number of aromatic amines is 1. The maximum Gasteiger partial charge on any atom is 0.182 e. The predicted molar refractivity (Wildman–Crippen MR) is 78.8 cm³/mol. The highest BCUT2D eigenvalue weighted by atomic mass is 15.2. The van der Waals surface area contributed by atoms with Crippen LogP contribution >= 0.6 is 0 Å². The maximum absolute atomic E-state index is 5.65. The second-order valence-corrected chi connectivity index (χ2v) is 4.43. The molecule has 0 aliphatic rings. The van der Waals surface area contributed by atoms with Crippen LogP contribution in [-0.2, 0) is 0 Å². The zero-order valence-corrected chi connectivity index (χ0v) is 11.0. The Kier molecular flexibility index (Phi) is 3.56. The summed E-state index contributed by atoms with van der Waals surface area (Å²) in [5.41, 5.74) is 8.24. The van der Waals surface area contributed by atoms with Crippen LogP contribution in [0.25, 0.3) is 11.2 Å². The zero-order valence-electron chi connectivity index (χ0n) is 11.0. The van der Waals surface area contributed by atoms with Crippen molar-refractivity contribution in [2.24, 2.45) is 5.73 Å². The van der Waals surface area contributed by atoms with Gasteiger partial charge in [0, 0.05) is 12.2 Å². The van der Waals surface area contributed by atoms with Gasteiger partial charge in [0.25, 0.3) is 0 Å². The summed E-state index contributed by atoms with van der Waals surface area (Å²) in [4.78, 5) is 18.0. The molecule has 3 rings (SSSR count). The Morgan fingerprint density at radius 3 is 2.75 bits per heavy atom. The number of H-pyrrole nitrogens is 1. The molecule has 102 valence electrons. The van der Waals surface area contributed by atoms with Crippen molar-refractivity contribution in [3.63, 3.8) is 0 Å². The fourth-order valence-electron chi connectivity index (χ4n) is 2.17. The molecule has 0 saturated heterocycles. The SMILES string of the molecule is NCCCN(c1ccccc1)c1ncnc2nc[nH]c12. The second kappa shape index (κ2) is 5.66. The number of nitrogens with zero attached hydrogens (tertiary/aromatic N) is 4. The number of nitrogens with two attached hydrogens (primary N) is 1. The third-order valence-electron chi connectivity index (χ3n) is 3.11. The van der Waals surface area contributed by atoms with Gasteiger partial charge in [0.15, 0.2) is 11.5 Å². The van der Waals surface area contributed by atoms with Crippen molar-refractivity contribution in [1.82, 2.24) is 19.9 Å². The molecule has 0 saturated carbocycles.